The van der Waals surface area contributed by atoms with Crippen molar-refractivity contribution in [3.8, 4) is 11.1 Å². The highest BCUT2D eigenvalue weighted by atomic mass is 19.1. The highest BCUT2D eigenvalue weighted by Crippen LogP contribution is 2.38. The summed E-state index contributed by atoms with van der Waals surface area (Å²) in [4.78, 5) is 11.6. The van der Waals surface area contributed by atoms with Crippen molar-refractivity contribution in [3.63, 3.8) is 0 Å². The molecule has 29 heavy (non-hydrogen) atoms. The fraction of sp³-hybridized carbons (Fsp3) is 0.208. The number of carbonyl (C=O) groups is 1. The van der Waals surface area contributed by atoms with E-state index in [0.717, 1.165) is 33.8 Å². The molecule has 1 unspecified atom stereocenters. The van der Waals surface area contributed by atoms with Crippen LogP contribution >= 0.6 is 0 Å². The molecule has 148 valence electrons. The van der Waals surface area contributed by atoms with E-state index in [-0.39, 0.29) is 24.0 Å². The van der Waals surface area contributed by atoms with Crippen LogP contribution in [-0.4, -0.2) is 21.7 Å². The minimum Gasteiger partial charge on any atom is -0.512 e. The zero-order valence-electron chi connectivity index (χ0n) is 16.3. The predicted octanol–water partition coefficient (Wildman–Crippen LogP) is 5.80. The average molecular weight is 391 g/mol. The van der Waals surface area contributed by atoms with Crippen LogP contribution in [0, 0.1) is 5.82 Å². The zero-order valence-corrected chi connectivity index (χ0v) is 16.3. The molecule has 0 saturated carbocycles. The molecule has 2 heterocycles. The second-order valence-corrected chi connectivity index (χ2v) is 7.42. The SMILES string of the molecule is CC(C)n1c(/C=C/C2CC(O)=CC(=O)O2)c(-c2ccc(F)cc2)c2ccccc21. The lowest BCUT2D eigenvalue weighted by Gasteiger charge is -2.18. The first-order valence-corrected chi connectivity index (χ1v) is 9.61. The van der Waals surface area contributed by atoms with E-state index in [4.69, 9.17) is 4.74 Å². The largest absolute Gasteiger partial charge is 0.512 e. The van der Waals surface area contributed by atoms with Gasteiger partial charge in [0.05, 0.1) is 6.08 Å². The number of cyclic esters (lactones) is 1. The molecule has 3 aromatic rings. The van der Waals surface area contributed by atoms with Crippen LogP contribution in [0.25, 0.3) is 28.1 Å². The Bertz CT molecular complexity index is 1120. The number of nitrogens with zero attached hydrogens (tertiary/aromatic N) is 1. The number of rotatable bonds is 4. The molecule has 0 saturated heterocycles. The van der Waals surface area contributed by atoms with Crippen LogP contribution in [0.1, 0.15) is 32.0 Å². The Hall–Kier alpha value is -3.34. The third-order valence-electron chi connectivity index (χ3n) is 5.03. The maximum atomic E-state index is 13.5. The molecule has 5 heteroatoms. The van der Waals surface area contributed by atoms with Crippen LogP contribution < -0.4 is 0 Å². The summed E-state index contributed by atoms with van der Waals surface area (Å²) in [5.74, 6) is -0.819. The van der Waals surface area contributed by atoms with Gasteiger partial charge in [-0.2, -0.15) is 0 Å². The molecular weight excluding hydrogens is 369 g/mol. The van der Waals surface area contributed by atoms with E-state index >= 15 is 0 Å². The molecule has 0 spiro atoms. The van der Waals surface area contributed by atoms with Crippen LogP contribution in [0.3, 0.4) is 0 Å². The standard InChI is InChI=1S/C24H22FNO3/c1-15(2)26-21-6-4-3-5-20(21)24(16-7-9-17(25)10-8-16)22(26)12-11-19-13-18(27)14-23(28)29-19/h3-12,14-15,19,27H,13H2,1-2H3/b12-11+. The quantitative estimate of drug-likeness (QED) is 0.572. The molecule has 0 bridgehead atoms. The molecule has 0 radical (unpaired) electrons. The third kappa shape index (κ3) is 3.68. The molecular formula is C24H22FNO3. The van der Waals surface area contributed by atoms with Crippen molar-refractivity contribution in [1.29, 1.82) is 0 Å². The lowest BCUT2D eigenvalue weighted by atomic mass is 10.0. The fourth-order valence-corrected chi connectivity index (χ4v) is 3.85. The number of aromatic nitrogens is 1. The van der Waals surface area contributed by atoms with E-state index in [0.29, 0.717) is 0 Å². The third-order valence-corrected chi connectivity index (χ3v) is 5.03. The van der Waals surface area contributed by atoms with Gasteiger partial charge < -0.3 is 14.4 Å². The van der Waals surface area contributed by atoms with Crippen molar-refractivity contribution in [2.24, 2.45) is 0 Å². The Morgan fingerprint density at radius 1 is 1.17 bits per heavy atom. The molecule has 0 amide bonds. The average Bonchev–Trinajstić information content (AvgIpc) is 3.00. The number of fused-ring (bicyclic) bond motifs is 1. The van der Waals surface area contributed by atoms with Crippen LogP contribution in [0.4, 0.5) is 4.39 Å². The first-order valence-electron chi connectivity index (χ1n) is 9.61. The first kappa shape index (κ1) is 19.0. The van der Waals surface area contributed by atoms with Gasteiger partial charge in [0.15, 0.2) is 0 Å². The number of hydrogen-bond donors (Lipinski definition) is 1. The highest BCUT2D eigenvalue weighted by Gasteiger charge is 2.21. The lowest BCUT2D eigenvalue weighted by molar-refractivity contribution is -0.142. The topological polar surface area (TPSA) is 51.5 Å². The number of para-hydroxylation sites is 1. The summed E-state index contributed by atoms with van der Waals surface area (Å²) in [7, 11) is 0. The summed E-state index contributed by atoms with van der Waals surface area (Å²) < 4.78 is 21.0. The Morgan fingerprint density at radius 3 is 2.59 bits per heavy atom. The molecule has 1 aliphatic rings. The lowest BCUT2D eigenvalue weighted by Crippen LogP contribution is -2.20. The predicted molar refractivity (Wildman–Crippen MR) is 112 cm³/mol. The van der Waals surface area contributed by atoms with Crippen molar-refractivity contribution in [2.75, 3.05) is 0 Å². The van der Waals surface area contributed by atoms with Crippen molar-refractivity contribution in [1.82, 2.24) is 4.57 Å². The highest BCUT2D eigenvalue weighted by molar-refractivity contribution is 6.01. The number of ether oxygens (including phenoxy) is 1. The van der Waals surface area contributed by atoms with Gasteiger partial charge >= 0.3 is 5.97 Å². The molecule has 2 aromatic carbocycles. The molecule has 1 aromatic heterocycles. The number of halogens is 1. The summed E-state index contributed by atoms with van der Waals surface area (Å²) >= 11 is 0. The minimum absolute atomic E-state index is 0.0130. The van der Waals surface area contributed by atoms with E-state index in [1.54, 1.807) is 18.2 Å². The molecule has 0 fully saturated rings. The molecule has 1 N–H and O–H groups in total. The maximum absolute atomic E-state index is 13.5. The van der Waals surface area contributed by atoms with Gasteiger partial charge in [-0.25, -0.2) is 9.18 Å². The summed E-state index contributed by atoms with van der Waals surface area (Å²) in [6.07, 6.45) is 4.53. The van der Waals surface area contributed by atoms with Crippen molar-refractivity contribution < 1.29 is 19.0 Å². The monoisotopic (exact) mass is 391 g/mol. The molecule has 4 rings (SSSR count). The Balaban J connectivity index is 1.89. The van der Waals surface area contributed by atoms with Gasteiger partial charge in [-0.1, -0.05) is 30.3 Å². The smallest absolute Gasteiger partial charge is 0.334 e. The van der Waals surface area contributed by atoms with Gasteiger partial charge in [0.1, 0.15) is 17.7 Å². The van der Waals surface area contributed by atoms with Gasteiger partial charge in [0, 0.05) is 34.6 Å². The molecule has 0 aliphatic carbocycles. The molecule has 1 aliphatic heterocycles. The normalized spacial score (nSPS) is 17.2. The molecule has 4 nitrogen and oxygen atoms in total. The zero-order chi connectivity index (χ0) is 20.5. The van der Waals surface area contributed by atoms with Crippen molar-refractivity contribution in [2.45, 2.75) is 32.4 Å². The van der Waals surface area contributed by atoms with E-state index in [1.807, 2.05) is 18.2 Å². The van der Waals surface area contributed by atoms with Crippen molar-refractivity contribution in [3.05, 3.63) is 78.0 Å². The van der Waals surface area contributed by atoms with Gasteiger partial charge in [0.2, 0.25) is 0 Å². The number of esters is 1. The minimum atomic E-state index is -0.549. The molecule has 1 atom stereocenters. The van der Waals surface area contributed by atoms with Crippen LogP contribution in [0.2, 0.25) is 0 Å². The van der Waals surface area contributed by atoms with E-state index in [1.165, 1.54) is 12.1 Å². The van der Waals surface area contributed by atoms with Crippen molar-refractivity contribution >= 4 is 22.9 Å². The van der Waals surface area contributed by atoms with Gasteiger partial charge in [-0.15, -0.1) is 0 Å². The van der Waals surface area contributed by atoms with E-state index in [9.17, 15) is 14.3 Å². The second kappa shape index (κ2) is 7.59. The van der Waals surface area contributed by atoms with Crippen LogP contribution in [0.5, 0.6) is 0 Å². The number of aliphatic hydroxyl groups excluding tert-OH is 1. The Morgan fingerprint density at radius 2 is 1.90 bits per heavy atom. The summed E-state index contributed by atoms with van der Waals surface area (Å²) in [5.41, 5.74) is 3.92. The van der Waals surface area contributed by atoms with E-state index < -0.39 is 12.1 Å². The second-order valence-electron chi connectivity index (χ2n) is 7.42. The van der Waals surface area contributed by atoms with Crippen LogP contribution in [-0.2, 0) is 9.53 Å². The number of carbonyl (C=O) groups excluding carboxylic acids is 1. The first-order chi connectivity index (χ1) is 13.9. The Kier molecular flexibility index (Phi) is 4.97. The van der Waals surface area contributed by atoms with Crippen LogP contribution in [0.15, 0.2) is 66.4 Å². The maximum Gasteiger partial charge on any atom is 0.334 e. The summed E-state index contributed by atoms with van der Waals surface area (Å²) in [5, 5.41) is 10.8. The van der Waals surface area contributed by atoms with Gasteiger partial charge in [0.25, 0.3) is 0 Å². The van der Waals surface area contributed by atoms with Gasteiger partial charge in [-0.05, 0) is 49.8 Å². The Labute approximate surface area is 168 Å². The van der Waals surface area contributed by atoms with Gasteiger partial charge in [-0.3, -0.25) is 0 Å². The number of benzene rings is 2. The fourth-order valence-electron chi connectivity index (χ4n) is 3.85. The summed E-state index contributed by atoms with van der Waals surface area (Å²) in [6, 6.07) is 14.7. The number of aliphatic hydroxyl groups is 1. The van der Waals surface area contributed by atoms with E-state index in [2.05, 4.69) is 30.5 Å². The number of hydrogen-bond acceptors (Lipinski definition) is 3. The summed E-state index contributed by atoms with van der Waals surface area (Å²) in [6.45, 7) is 4.21.